The van der Waals surface area contributed by atoms with Crippen LogP contribution in [0.3, 0.4) is 0 Å². The first-order valence-corrected chi connectivity index (χ1v) is 12.0. The minimum atomic E-state index is -0.683. The maximum atomic E-state index is 14.9. The van der Waals surface area contributed by atoms with E-state index in [4.69, 9.17) is 17.3 Å². The van der Waals surface area contributed by atoms with Crippen LogP contribution in [0, 0.1) is 5.82 Å². The Kier molecular flexibility index (Phi) is 8.00. The van der Waals surface area contributed by atoms with E-state index in [0.717, 1.165) is 36.9 Å². The Bertz CT molecular complexity index is 1260. The average molecular weight is 512 g/mol. The fourth-order valence-corrected chi connectivity index (χ4v) is 4.56. The van der Waals surface area contributed by atoms with E-state index in [1.165, 1.54) is 19.2 Å². The number of rotatable bonds is 6. The average Bonchev–Trinajstić information content (AvgIpc) is 2.88. The molecule has 10 heteroatoms. The van der Waals surface area contributed by atoms with Gasteiger partial charge in [0.05, 0.1) is 24.6 Å². The first-order chi connectivity index (χ1) is 17.3. The first kappa shape index (κ1) is 25.4. The molecule has 0 radical (unpaired) electrons. The number of aromatic nitrogens is 2. The third kappa shape index (κ3) is 6.09. The molecule has 2 aromatic carbocycles. The van der Waals surface area contributed by atoms with E-state index < -0.39 is 17.8 Å². The van der Waals surface area contributed by atoms with Gasteiger partial charge in [-0.15, -0.1) is 0 Å². The Labute approximate surface area is 213 Å². The van der Waals surface area contributed by atoms with Gasteiger partial charge >= 0.3 is 6.09 Å². The van der Waals surface area contributed by atoms with E-state index in [1.807, 2.05) is 6.07 Å². The van der Waals surface area contributed by atoms with E-state index in [-0.39, 0.29) is 29.9 Å². The van der Waals surface area contributed by atoms with Crippen LogP contribution in [-0.2, 0) is 11.3 Å². The fraction of sp³-hybridized carbons (Fsp3) is 0.308. The molecule has 1 aliphatic rings. The number of carbonyl (C=O) groups is 2. The van der Waals surface area contributed by atoms with Gasteiger partial charge in [0.2, 0.25) is 0 Å². The molecule has 4 N–H and O–H groups in total. The molecule has 1 saturated carbocycles. The van der Waals surface area contributed by atoms with Crippen molar-refractivity contribution in [3.05, 3.63) is 76.3 Å². The quantitative estimate of drug-likeness (QED) is 0.436. The Morgan fingerprint density at radius 1 is 1.17 bits per heavy atom. The summed E-state index contributed by atoms with van der Waals surface area (Å²) >= 11 is 5.97. The molecule has 3 aromatic rings. The lowest BCUT2D eigenvalue weighted by Crippen LogP contribution is -2.37. The minimum absolute atomic E-state index is 0.0570. The van der Waals surface area contributed by atoms with Crippen molar-refractivity contribution in [2.24, 2.45) is 0 Å². The highest BCUT2D eigenvalue weighted by Gasteiger charge is 2.25. The Morgan fingerprint density at radius 3 is 2.64 bits per heavy atom. The van der Waals surface area contributed by atoms with E-state index in [0.29, 0.717) is 16.3 Å². The number of hydrogen-bond donors (Lipinski definition) is 3. The number of hydrogen-bond acceptors (Lipinski definition) is 6. The SMILES string of the molecule is COC(=O)N[C@H]1CC[C@@H](c2cnc(N)c(-c3ccc(C(=O)NCc4cccc(Cl)c4)c(F)c3)n2)CC1. The second-order valence-corrected chi connectivity index (χ2v) is 9.16. The van der Waals surface area contributed by atoms with Crippen LogP contribution in [0.4, 0.5) is 15.0 Å². The smallest absolute Gasteiger partial charge is 0.407 e. The molecule has 1 aliphatic carbocycles. The number of nitrogens with zero attached hydrogens (tertiary/aromatic N) is 2. The molecular weight excluding hydrogens is 485 g/mol. The summed E-state index contributed by atoms with van der Waals surface area (Å²) in [7, 11) is 1.34. The monoisotopic (exact) mass is 511 g/mol. The molecule has 0 atom stereocenters. The zero-order chi connectivity index (χ0) is 25.7. The van der Waals surface area contributed by atoms with Gasteiger partial charge in [0.15, 0.2) is 0 Å². The van der Waals surface area contributed by atoms with E-state index in [2.05, 4.69) is 25.3 Å². The number of carbonyl (C=O) groups excluding carboxylic acids is 2. The summed E-state index contributed by atoms with van der Waals surface area (Å²) in [6.07, 6.45) is 4.41. The second kappa shape index (κ2) is 11.3. The lowest BCUT2D eigenvalue weighted by molar-refractivity contribution is 0.0947. The summed E-state index contributed by atoms with van der Waals surface area (Å²) in [6, 6.07) is 11.4. The maximum absolute atomic E-state index is 14.9. The van der Waals surface area contributed by atoms with Gasteiger partial charge in [-0.2, -0.15) is 0 Å². The Hall–Kier alpha value is -3.72. The third-order valence-corrected chi connectivity index (χ3v) is 6.54. The number of amides is 2. The second-order valence-electron chi connectivity index (χ2n) is 8.72. The van der Waals surface area contributed by atoms with Crippen LogP contribution in [0.25, 0.3) is 11.3 Å². The number of nitrogens with two attached hydrogens (primary N) is 1. The van der Waals surface area contributed by atoms with Gasteiger partial charge in [-0.25, -0.2) is 19.2 Å². The predicted molar refractivity (Wildman–Crippen MR) is 135 cm³/mol. The number of nitrogens with one attached hydrogen (secondary N) is 2. The van der Waals surface area contributed by atoms with Crippen molar-refractivity contribution >= 4 is 29.4 Å². The summed E-state index contributed by atoms with van der Waals surface area (Å²) in [4.78, 5) is 33.0. The third-order valence-electron chi connectivity index (χ3n) is 6.30. The highest BCUT2D eigenvalue weighted by molar-refractivity contribution is 6.30. The molecule has 0 saturated heterocycles. The van der Waals surface area contributed by atoms with Crippen LogP contribution in [-0.4, -0.2) is 35.1 Å². The number of halogens is 2. The molecule has 188 valence electrons. The number of benzene rings is 2. The molecule has 4 rings (SSSR count). The van der Waals surface area contributed by atoms with Gasteiger partial charge in [0.25, 0.3) is 5.91 Å². The predicted octanol–water partition coefficient (Wildman–Crippen LogP) is 4.83. The number of methoxy groups -OCH3 is 1. The molecule has 0 unspecified atom stereocenters. The minimum Gasteiger partial charge on any atom is -0.453 e. The molecule has 2 amide bonds. The topological polar surface area (TPSA) is 119 Å². The zero-order valence-electron chi connectivity index (χ0n) is 19.8. The summed E-state index contributed by atoms with van der Waals surface area (Å²) in [6.45, 7) is 0.221. The van der Waals surface area contributed by atoms with Crippen LogP contribution >= 0.6 is 11.6 Å². The van der Waals surface area contributed by atoms with Gasteiger partial charge in [-0.3, -0.25) is 4.79 Å². The Balaban J connectivity index is 1.45. The molecule has 0 aliphatic heterocycles. The molecule has 36 heavy (non-hydrogen) atoms. The van der Waals surface area contributed by atoms with E-state index in [1.54, 1.807) is 30.5 Å². The van der Waals surface area contributed by atoms with Crippen molar-refractivity contribution in [3.63, 3.8) is 0 Å². The van der Waals surface area contributed by atoms with Gasteiger partial charge in [-0.05, 0) is 55.5 Å². The summed E-state index contributed by atoms with van der Waals surface area (Å²) in [5, 5.41) is 6.09. The van der Waals surface area contributed by atoms with Gasteiger partial charge in [-0.1, -0.05) is 29.8 Å². The molecule has 1 aromatic heterocycles. The van der Waals surface area contributed by atoms with Gasteiger partial charge in [0.1, 0.15) is 17.3 Å². The van der Waals surface area contributed by atoms with Crippen LogP contribution in [0.2, 0.25) is 5.02 Å². The van der Waals surface area contributed by atoms with Crippen molar-refractivity contribution in [2.45, 2.75) is 44.2 Å². The normalized spacial score (nSPS) is 17.3. The lowest BCUT2D eigenvalue weighted by Gasteiger charge is -2.28. The maximum Gasteiger partial charge on any atom is 0.407 e. The van der Waals surface area contributed by atoms with Crippen molar-refractivity contribution in [1.29, 1.82) is 0 Å². The summed E-state index contributed by atoms with van der Waals surface area (Å²) in [5.41, 5.74) is 8.36. The van der Waals surface area contributed by atoms with Crippen molar-refractivity contribution in [1.82, 2.24) is 20.6 Å². The molecule has 8 nitrogen and oxygen atoms in total. The van der Waals surface area contributed by atoms with Crippen molar-refractivity contribution < 1.29 is 18.7 Å². The highest BCUT2D eigenvalue weighted by Crippen LogP contribution is 2.34. The molecule has 0 bridgehead atoms. The highest BCUT2D eigenvalue weighted by atomic mass is 35.5. The number of nitrogen functional groups attached to an aromatic ring is 1. The van der Waals surface area contributed by atoms with Gasteiger partial charge in [0, 0.05) is 29.1 Å². The summed E-state index contributed by atoms with van der Waals surface area (Å²) in [5.74, 6) is -0.896. The molecule has 0 spiro atoms. The zero-order valence-corrected chi connectivity index (χ0v) is 20.5. The molecular formula is C26H27ClFN5O3. The fourth-order valence-electron chi connectivity index (χ4n) is 4.35. The van der Waals surface area contributed by atoms with Crippen LogP contribution in [0.15, 0.2) is 48.7 Å². The Morgan fingerprint density at radius 2 is 1.94 bits per heavy atom. The lowest BCUT2D eigenvalue weighted by atomic mass is 9.84. The molecule has 1 fully saturated rings. The largest absolute Gasteiger partial charge is 0.453 e. The van der Waals surface area contributed by atoms with Crippen LogP contribution in [0.1, 0.15) is 53.2 Å². The summed E-state index contributed by atoms with van der Waals surface area (Å²) < 4.78 is 19.6. The number of anilines is 1. The molecule has 1 heterocycles. The standard InChI is InChI=1S/C26H27ClFN5O3/c1-36-26(35)32-19-8-5-16(6-9-19)22-14-30-24(29)23(33-22)17-7-10-20(21(28)12-17)25(34)31-13-15-3-2-4-18(27)11-15/h2-4,7,10-12,14,16,19H,5-6,8-9,13H2,1H3,(H2,29,30)(H,31,34)(H,32,35)/t16-,19+. The van der Waals surface area contributed by atoms with Crippen molar-refractivity contribution in [3.8, 4) is 11.3 Å². The van der Waals surface area contributed by atoms with Crippen LogP contribution in [0.5, 0.6) is 0 Å². The van der Waals surface area contributed by atoms with Crippen molar-refractivity contribution in [2.75, 3.05) is 12.8 Å². The number of ether oxygens (including phenoxy) is 1. The first-order valence-electron chi connectivity index (χ1n) is 11.6. The van der Waals surface area contributed by atoms with E-state index >= 15 is 0 Å². The van der Waals surface area contributed by atoms with E-state index in [9.17, 15) is 14.0 Å². The number of alkyl carbamates (subject to hydrolysis) is 1. The van der Waals surface area contributed by atoms with Gasteiger partial charge < -0.3 is 21.1 Å². The van der Waals surface area contributed by atoms with Crippen LogP contribution < -0.4 is 16.4 Å².